The number of ether oxygens (including phenoxy) is 1. The Morgan fingerprint density at radius 2 is 1.93 bits per heavy atom. The van der Waals surface area contributed by atoms with Crippen LogP contribution in [0.3, 0.4) is 0 Å². The number of hydrogen-bond acceptors (Lipinski definition) is 7. The van der Waals surface area contributed by atoms with Crippen LogP contribution >= 0.6 is 11.6 Å². The van der Waals surface area contributed by atoms with Crippen molar-refractivity contribution < 1.29 is 32.7 Å². The zero-order chi connectivity index (χ0) is 21.2. The number of rotatable bonds is 6. The van der Waals surface area contributed by atoms with Crippen molar-refractivity contribution in [2.45, 2.75) is 4.90 Å². The van der Waals surface area contributed by atoms with Gasteiger partial charge in [0.25, 0.3) is 10.1 Å². The quantitative estimate of drug-likeness (QED) is 0.394. The average Bonchev–Trinajstić information content (AvgIpc) is 2.66. The lowest BCUT2D eigenvalue weighted by Crippen LogP contribution is -2.10. The normalized spacial score (nSPS) is 11.8. The smallest absolute Gasteiger partial charge is 0.341 e. The summed E-state index contributed by atoms with van der Waals surface area (Å²) in [6.07, 6.45) is 2.17. The van der Waals surface area contributed by atoms with Gasteiger partial charge < -0.3 is 14.9 Å². The standard InChI is InChI=1S/C18H13ClN2O7S/c19-10-1-3-11(4-2-10)20-8-14-13-5-12(29(25,26)27)7-21-15(13)6-16(18(14)24)28-9-17(22)23/h1-8,24H,9H2,(H,22,23)(H,25,26,27). The van der Waals surface area contributed by atoms with Crippen LogP contribution in [0.5, 0.6) is 11.5 Å². The van der Waals surface area contributed by atoms with Crippen molar-refractivity contribution >= 4 is 50.5 Å². The summed E-state index contributed by atoms with van der Waals surface area (Å²) in [6, 6.07) is 8.81. The molecule has 29 heavy (non-hydrogen) atoms. The van der Waals surface area contributed by atoms with E-state index in [2.05, 4.69) is 9.98 Å². The monoisotopic (exact) mass is 436 g/mol. The molecule has 0 bridgehead atoms. The zero-order valence-corrected chi connectivity index (χ0v) is 16.1. The molecule has 0 radical (unpaired) electrons. The number of carbonyl (C=O) groups is 1. The van der Waals surface area contributed by atoms with E-state index in [1.165, 1.54) is 12.3 Å². The zero-order valence-electron chi connectivity index (χ0n) is 14.5. The number of phenolic OH excluding ortho intramolecular Hbond substituents is 1. The predicted molar refractivity (Wildman–Crippen MR) is 105 cm³/mol. The van der Waals surface area contributed by atoms with E-state index >= 15 is 0 Å². The Kier molecular flexibility index (Phi) is 5.69. The molecule has 3 N–H and O–H groups in total. The van der Waals surface area contributed by atoms with Crippen LogP contribution in [0.2, 0.25) is 5.02 Å². The maximum atomic E-state index is 11.4. The highest BCUT2D eigenvalue weighted by atomic mass is 35.5. The first-order valence-electron chi connectivity index (χ1n) is 7.92. The molecule has 0 aliphatic heterocycles. The number of carboxylic acids is 1. The number of carboxylic acid groups (broad SMARTS) is 1. The Balaban J connectivity index is 2.19. The van der Waals surface area contributed by atoms with E-state index in [1.54, 1.807) is 24.3 Å². The summed E-state index contributed by atoms with van der Waals surface area (Å²) >= 11 is 5.83. The van der Waals surface area contributed by atoms with Crippen LogP contribution in [-0.4, -0.2) is 47.0 Å². The Hall–Kier alpha value is -3.21. The molecule has 0 aliphatic rings. The topological polar surface area (TPSA) is 146 Å². The summed E-state index contributed by atoms with van der Waals surface area (Å²) < 4.78 is 37.2. The summed E-state index contributed by atoms with van der Waals surface area (Å²) in [5, 5.41) is 20.0. The minimum atomic E-state index is -4.54. The van der Waals surface area contributed by atoms with E-state index in [4.69, 9.17) is 21.4 Å². The van der Waals surface area contributed by atoms with Crippen LogP contribution in [0.1, 0.15) is 5.56 Å². The van der Waals surface area contributed by atoms with Crippen molar-refractivity contribution in [1.29, 1.82) is 0 Å². The van der Waals surface area contributed by atoms with Crippen molar-refractivity contribution in [1.82, 2.24) is 4.98 Å². The summed E-state index contributed by atoms with van der Waals surface area (Å²) in [4.78, 5) is 18.4. The number of fused-ring (bicyclic) bond motifs is 1. The number of pyridine rings is 1. The van der Waals surface area contributed by atoms with E-state index in [1.807, 2.05) is 0 Å². The fourth-order valence-electron chi connectivity index (χ4n) is 2.43. The Bertz CT molecular complexity index is 1230. The van der Waals surface area contributed by atoms with Gasteiger partial charge in [-0.2, -0.15) is 8.42 Å². The number of halogens is 1. The molecule has 150 valence electrons. The highest BCUT2D eigenvalue weighted by Gasteiger charge is 2.18. The number of aliphatic imine (C=N–C) groups is 1. The number of aliphatic carboxylic acids is 1. The molecule has 11 heteroatoms. The molecular formula is C18H13ClN2O7S. The molecule has 0 saturated carbocycles. The first kappa shape index (κ1) is 20.5. The van der Waals surface area contributed by atoms with Crippen LogP contribution in [0.15, 0.2) is 52.5 Å². The second-order valence-electron chi connectivity index (χ2n) is 5.77. The van der Waals surface area contributed by atoms with Crippen LogP contribution in [0.4, 0.5) is 5.69 Å². The van der Waals surface area contributed by atoms with Gasteiger partial charge in [0.05, 0.1) is 11.2 Å². The van der Waals surface area contributed by atoms with Crippen LogP contribution < -0.4 is 4.74 Å². The number of aromatic hydroxyl groups is 1. The molecule has 0 unspecified atom stereocenters. The van der Waals surface area contributed by atoms with Crippen LogP contribution in [0, 0.1) is 0 Å². The van der Waals surface area contributed by atoms with Gasteiger partial charge in [0, 0.05) is 34.5 Å². The van der Waals surface area contributed by atoms with Crippen molar-refractivity contribution in [2.75, 3.05) is 6.61 Å². The van der Waals surface area contributed by atoms with Gasteiger partial charge in [-0.3, -0.25) is 14.5 Å². The third-order valence-corrected chi connectivity index (χ3v) is 4.83. The summed E-state index contributed by atoms with van der Waals surface area (Å²) in [5.41, 5.74) is 0.696. The minimum absolute atomic E-state index is 0.0239. The Morgan fingerprint density at radius 3 is 2.55 bits per heavy atom. The predicted octanol–water partition coefficient (Wildman–Crippen LogP) is 3.05. The summed E-state index contributed by atoms with van der Waals surface area (Å²) in [7, 11) is -4.54. The van der Waals surface area contributed by atoms with Crippen LogP contribution in [0.25, 0.3) is 10.9 Å². The third-order valence-electron chi connectivity index (χ3n) is 3.76. The fraction of sp³-hybridized carbons (Fsp3) is 0.0556. The molecule has 0 saturated heterocycles. The molecule has 1 aromatic heterocycles. The summed E-state index contributed by atoms with van der Waals surface area (Å²) in [6.45, 7) is -0.712. The molecule has 0 amide bonds. The second-order valence-corrected chi connectivity index (χ2v) is 7.62. The lowest BCUT2D eigenvalue weighted by Gasteiger charge is -2.11. The maximum absolute atomic E-state index is 11.4. The van der Waals surface area contributed by atoms with E-state index in [-0.39, 0.29) is 22.2 Å². The van der Waals surface area contributed by atoms with Gasteiger partial charge in [0.15, 0.2) is 18.1 Å². The molecule has 0 aliphatic carbocycles. The van der Waals surface area contributed by atoms with Gasteiger partial charge in [-0.1, -0.05) is 11.6 Å². The van der Waals surface area contributed by atoms with Gasteiger partial charge in [-0.05, 0) is 30.3 Å². The molecule has 0 fully saturated rings. The number of phenols is 1. The highest BCUT2D eigenvalue weighted by molar-refractivity contribution is 7.85. The molecule has 9 nitrogen and oxygen atoms in total. The molecular weight excluding hydrogens is 424 g/mol. The second kappa shape index (κ2) is 8.03. The highest BCUT2D eigenvalue weighted by Crippen LogP contribution is 2.36. The van der Waals surface area contributed by atoms with Crippen molar-refractivity contribution in [2.24, 2.45) is 4.99 Å². The number of aromatic nitrogens is 1. The van der Waals surface area contributed by atoms with Crippen molar-refractivity contribution in [3.05, 3.63) is 53.2 Å². The molecule has 2 aromatic carbocycles. The molecule has 0 spiro atoms. The molecule has 3 aromatic rings. The Labute approximate surface area is 169 Å². The van der Waals surface area contributed by atoms with Gasteiger partial charge in [0.2, 0.25) is 0 Å². The number of nitrogens with zero attached hydrogens (tertiary/aromatic N) is 2. The van der Waals surface area contributed by atoms with Gasteiger partial charge in [-0.25, -0.2) is 4.79 Å². The number of benzene rings is 2. The van der Waals surface area contributed by atoms with E-state index in [0.29, 0.717) is 10.7 Å². The first-order chi connectivity index (χ1) is 13.6. The SMILES string of the molecule is O=C(O)COc1cc2ncc(S(=O)(=O)O)cc2c(C=Nc2ccc(Cl)cc2)c1O. The summed E-state index contributed by atoms with van der Waals surface area (Å²) in [5.74, 6) is -1.90. The van der Waals surface area contributed by atoms with Crippen LogP contribution in [-0.2, 0) is 14.9 Å². The van der Waals surface area contributed by atoms with Gasteiger partial charge >= 0.3 is 5.97 Å². The Morgan fingerprint density at radius 1 is 1.24 bits per heavy atom. The first-order valence-corrected chi connectivity index (χ1v) is 9.74. The average molecular weight is 437 g/mol. The van der Waals surface area contributed by atoms with E-state index in [9.17, 15) is 22.9 Å². The van der Waals surface area contributed by atoms with E-state index < -0.39 is 33.3 Å². The van der Waals surface area contributed by atoms with Gasteiger partial charge in [-0.15, -0.1) is 0 Å². The molecule has 1 heterocycles. The third kappa shape index (κ3) is 4.80. The van der Waals surface area contributed by atoms with Crippen molar-refractivity contribution in [3.8, 4) is 11.5 Å². The lowest BCUT2D eigenvalue weighted by atomic mass is 10.1. The largest absolute Gasteiger partial charge is 0.504 e. The van der Waals surface area contributed by atoms with E-state index in [0.717, 1.165) is 12.3 Å². The van der Waals surface area contributed by atoms with Gasteiger partial charge in [0.1, 0.15) is 4.90 Å². The fourth-order valence-corrected chi connectivity index (χ4v) is 3.01. The molecule has 3 rings (SSSR count). The lowest BCUT2D eigenvalue weighted by molar-refractivity contribution is -0.139. The molecule has 0 atom stereocenters. The van der Waals surface area contributed by atoms with Crippen molar-refractivity contribution in [3.63, 3.8) is 0 Å². The maximum Gasteiger partial charge on any atom is 0.341 e. The number of hydrogen-bond donors (Lipinski definition) is 3. The minimum Gasteiger partial charge on any atom is -0.504 e.